The molecule has 1 amide bonds. The fourth-order valence-electron chi connectivity index (χ4n) is 4.04. The van der Waals surface area contributed by atoms with Crippen LogP contribution >= 0.6 is 0 Å². The molecule has 0 fully saturated rings. The van der Waals surface area contributed by atoms with Crippen LogP contribution in [0.3, 0.4) is 0 Å². The molecule has 0 saturated heterocycles. The Bertz CT molecular complexity index is 1310. The molecule has 4 N–H and O–H groups in total. The number of nitrogens with one attached hydrogen (secondary N) is 3. The minimum absolute atomic E-state index is 0.0135. The molecule has 4 rings (SSSR count). The van der Waals surface area contributed by atoms with Crippen molar-refractivity contribution in [3.63, 3.8) is 0 Å². The van der Waals surface area contributed by atoms with Gasteiger partial charge >= 0.3 is 0 Å². The van der Waals surface area contributed by atoms with Crippen LogP contribution in [-0.4, -0.2) is 39.0 Å². The summed E-state index contributed by atoms with van der Waals surface area (Å²) in [6.07, 6.45) is 1.02. The van der Waals surface area contributed by atoms with Crippen LogP contribution in [-0.2, 0) is 6.54 Å². The van der Waals surface area contributed by atoms with Crippen molar-refractivity contribution in [3.8, 4) is 0 Å². The van der Waals surface area contributed by atoms with E-state index in [2.05, 4.69) is 20.6 Å². The Morgan fingerprint density at radius 1 is 1.06 bits per heavy atom. The lowest BCUT2D eigenvalue weighted by atomic mass is 10.1. The van der Waals surface area contributed by atoms with E-state index in [-0.39, 0.29) is 5.91 Å². The second kappa shape index (κ2) is 10.6. The molecule has 1 unspecified atom stereocenters. The number of aromatic amines is 1. The summed E-state index contributed by atoms with van der Waals surface area (Å²) in [5.74, 6) is -0.0135. The van der Waals surface area contributed by atoms with Crippen molar-refractivity contribution in [1.82, 2.24) is 14.9 Å². The van der Waals surface area contributed by atoms with Gasteiger partial charge in [0.25, 0.3) is 5.91 Å². The van der Waals surface area contributed by atoms with Crippen LogP contribution < -0.4 is 10.6 Å². The average molecular weight is 472 g/mol. The molecule has 7 heteroatoms. The van der Waals surface area contributed by atoms with E-state index < -0.39 is 6.23 Å². The Morgan fingerprint density at radius 3 is 2.51 bits per heavy atom. The van der Waals surface area contributed by atoms with E-state index in [0.29, 0.717) is 31.0 Å². The number of hydrogen-bond donors (Lipinski definition) is 4. The van der Waals surface area contributed by atoms with E-state index in [1.807, 2.05) is 88.5 Å². The van der Waals surface area contributed by atoms with E-state index >= 15 is 0 Å². The Morgan fingerprint density at radius 2 is 1.80 bits per heavy atom. The average Bonchev–Trinajstić information content (AvgIpc) is 3.29. The van der Waals surface area contributed by atoms with Crippen LogP contribution in [0.15, 0.2) is 60.8 Å². The predicted molar refractivity (Wildman–Crippen MR) is 142 cm³/mol. The number of H-pyrrole nitrogens is 1. The SMILES string of the molecule is CCN(CC)C(=O)c1cc2cc(CNc3cc(NC(O)c4ccc(C)cc4)ccc3C)cnc2[nH]1. The number of aromatic nitrogens is 2. The number of hydrogen-bond acceptors (Lipinski definition) is 5. The zero-order valence-electron chi connectivity index (χ0n) is 20.7. The molecular weight excluding hydrogens is 438 g/mol. The van der Waals surface area contributed by atoms with Gasteiger partial charge < -0.3 is 25.6 Å². The number of carbonyl (C=O) groups excluding carboxylic acids is 1. The first-order valence-corrected chi connectivity index (χ1v) is 12.0. The van der Waals surface area contributed by atoms with Crippen molar-refractivity contribution in [2.45, 2.75) is 40.5 Å². The van der Waals surface area contributed by atoms with Crippen molar-refractivity contribution in [2.75, 3.05) is 23.7 Å². The Hall–Kier alpha value is -3.84. The van der Waals surface area contributed by atoms with E-state index in [4.69, 9.17) is 0 Å². The van der Waals surface area contributed by atoms with Gasteiger partial charge in [-0.05, 0) is 63.1 Å². The third-order valence-corrected chi connectivity index (χ3v) is 6.22. The van der Waals surface area contributed by atoms with Crippen molar-refractivity contribution < 1.29 is 9.90 Å². The minimum atomic E-state index is -0.792. The van der Waals surface area contributed by atoms with E-state index in [0.717, 1.165) is 39.0 Å². The number of aliphatic hydroxyl groups is 1. The molecule has 35 heavy (non-hydrogen) atoms. The summed E-state index contributed by atoms with van der Waals surface area (Å²) in [4.78, 5) is 22.1. The Kier molecular flexibility index (Phi) is 7.36. The first kappa shape index (κ1) is 24.3. The second-order valence-electron chi connectivity index (χ2n) is 8.78. The van der Waals surface area contributed by atoms with Crippen LogP contribution in [0.4, 0.5) is 11.4 Å². The molecule has 0 aliphatic carbocycles. The number of benzene rings is 2. The van der Waals surface area contributed by atoms with Crippen molar-refractivity contribution in [1.29, 1.82) is 0 Å². The van der Waals surface area contributed by atoms with Crippen LogP contribution in [0.5, 0.6) is 0 Å². The van der Waals surface area contributed by atoms with Gasteiger partial charge in [-0.3, -0.25) is 4.79 Å². The van der Waals surface area contributed by atoms with Crippen LogP contribution in [0.2, 0.25) is 0 Å². The lowest BCUT2D eigenvalue weighted by Crippen LogP contribution is -2.30. The van der Waals surface area contributed by atoms with E-state index in [9.17, 15) is 9.90 Å². The fraction of sp³-hybridized carbons (Fsp3) is 0.286. The lowest BCUT2D eigenvalue weighted by Gasteiger charge is -2.17. The van der Waals surface area contributed by atoms with Gasteiger partial charge in [0.1, 0.15) is 11.3 Å². The summed E-state index contributed by atoms with van der Waals surface area (Å²) in [5.41, 5.74) is 7.14. The zero-order valence-corrected chi connectivity index (χ0v) is 20.7. The highest BCUT2D eigenvalue weighted by molar-refractivity contribution is 5.97. The monoisotopic (exact) mass is 471 g/mol. The van der Waals surface area contributed by atoms with Gasteiger partial charge in [-0.25, -0.2) is 4.98 Å². The molecule has 0 aliphatic rings. The number of nitrogens with zero attached hydrogens (tertiary/aromatic N) is 2. The highest BCUT2D eigenvalue weighted by atomic mass is 16.3. The molecule has 0 spiro atoms. The molecule has 4 aromatic rings. The third kappa shape index (κ3) is 5.63. The number of pyridine rings is 1. The minimum Gasteiger partial charge on any atom is -0.381 e. The van der Waals surface area contributed by atoms with Gasteiger partial charge in [-0.15, -0.1) is 0 Å². The Labute approximate surface area is 206 Å². The maximum atomic E-state index is 12.7. The highest BCUT2D eigenvalue weighted by Gasteiger charge is 2.15. The predicted octanol–water partition coefficient (Wildman–Crippen LogP) is 5.38. The van der Waals surface area contributed by atoms with Gasteiger partial charge in [-0.1, -0.05) is 35.9 Å². The smallest absolute Gasteiger partial charge is 0.270 e. The molecule has 2 aromatic carbocycles. The molecule has 2 heterocycles. The molecule has 0 bridgehead atoms. The first-order valence-electron chi connectivity index (χ1n) is 12.0. The van der Waals surface area contributed by atoms with Gasteiger partial charge in [0.05, 0.1) is 0 Å². The number of anilines is 2. The number of aryl methyl sites for hydroxylation is 2. The topological polar surface area (TPSA) is 93.3 Å². The van der Waals surface area contributed by atoms with Crippen LogP contribution in [0.25, 0.3) is 11.0 Å². The summed E-state index contributed by atoms with van der Waals surface area (Å²) in [6, 6.07) is 17.7. The maximum Gasteiger partial charge on any atom is 0.270 e. The number of amides is 1. The van der Waals surface area contributed by atoms with Gasteiger partial charge in [-0.2, -0.15) is 0 Å². The number of rotatable bonds is 9. The maximum absolute atomic E-state index is 12.7. The molecule has 7 nitrogen and oxygen atoms in total. The third-order valence-electron chi connectivity index (χ3n) is 6.22. The summed E-state index contributed by atoms with van der Waals surface area (Å²) in [6.45, 7) is 9.93. The fourth-order valence-corrected chi connectivity index (χ4v) is 4.04. The highest BCUT2D eigenvalue weighted by Crippen LogP contribution is 2.25. The quantitative estimate of drug-likeness (QED) is 0.246. The summed E-state index contributed by atoms with van der Waals surface area (Å²) >= 11 is 0. The summed E-state index contributed by atoms with van der Waals surface area (Å²) in [5, 5.41) is 18.1. The van der Waals surface area contributed by atoms with Gasteiger partial charge in [0.2, 0.25) is 0 Å². The normalized spacial score (nSPS) is 11.9. The van der Waals surface area contributed by atoms with Gasteiger partial charge in [0.15, 0.2) is 6.23 Å². The van der Waals surface area contributed by atoms with Crippen LogP contribution in [0, 0.1) is 13.8 Å². The second-order valence-corrected chi connectivity index (χ2v) is 8.78. The molecule has 0 radical (unpaired) electrons. The first-order chi connectivity index (χ1) is 16.9. The van der Waals surface area contributed by atoms with E-state index in [1.54, 1.807) is 4.90 Å². The number of aliphatic hydroxyl groups excluding tert-OH is 1. The molecular formula is C28H33N5O2. The molecule has 1 atom stereocenters. The summed E-state index contributed by atoms with van der Waals surface area (Å²) in [7, 11) is 0. The van der Waals surface area contributed by atoms with Crippen molar-refractivity contribution in [3.05, 3.63) is 88.7 Å². The molecule has 2 aromatic heterocycles. The molecule has 0 saturated carbocycles. The van der Waals surface area contributed by atoms with E-state index in [1.165, 1.54) is 0 Å². The number of carbonyl (C=O) groups is 1. The molecule has 0 aliphatic heterocycles. The van der Waals surface area contributed by atoms with Crippen LogP contribution in [0.1, 0.15) is 52.8 Å². The number of fused-ring (bicyclic) bond motifs is 1. The van der Waals surface area contributed by atoms with Crippen molar-refractivity contribution in [2.24, 2.45) is 0 Å². The summed E-state index contributed by atoms with van der Waals surface area (Å²) < 4.78 is 0. The Balaban J connectivity index is 1.45. The molecule has 182 valence electrons. The largest absolute Gasteiger partial charge is 0.381 e. The van der Waals surface area contributed by atoms with Crippen molar-refractivity contribution >= 4 is 28.3 Å². The zero-order chi connectivity index (χ0) is 24.9. The van der Waals surface area contributed by atoms with Gasteiger partial charge in [0, 0.05) is 48.2 Å². The standard InChI is InChI=1S/C28H33N5O2/c1-5-33(6-2)28(35)25-14-22-13-20(17-30-26(22)32-25)16-29-24-15-23(12-9-19(24)4)31-27(34)21-10-7-18(3)8-11-21/h7-15,17,27,29,31,34H,5-6,16H2,1-4H3,(H,30,32). The lowest BCUT2D eigenvalue weighted by molar-refractivity contribution is 0.0768.